The second kappa shape index (κ2) is 7.20. The molecule has 0 aliphatic carbocycles. The van der Waals surface area contributed by atoms with Crippen LogP contribution in [0.4, 0.5) is 5.69 Å². The molecule has 0 heterocycles. The first-order valence-corrected chi connectivity index (χ1v) is 5.86. The average Bonchev–Trinajstić information content (AvgIpc) is 2.38. The van der Waals surface area contributed by atoms with Crippen LogP contribution in [0.1, 0.15) is 23.7 Å². The molecule has 19 heavy (non-hydrogen) atoms. The van der Waals surface area contributed by atoms with E-state index in [1.54, 1.807) is 31.2 Å². The summed E-state index contributed by atoms with van der Waals surface area (Å²) < 4.78 is 9.88. The molecule has 0 saturated carbocycles. The number of hydrogen-bond acceptors (Lipinski definition) is 5. The summed E-state index contributed by atoms with van der Waals surface area (Å²) in [4.78, 5) is 22.6. The molecule has 0 unspecified atom stereocenters. The van der Waals surface area contributed by atoms with Crippen LogP contribution in [0.5, 0.6) is 0 Å². The monoisotopic (exact) mass is 263 g/mol. The zero-order chi connectivity index (χ0) is 14.3. The first kappa shape index (κ1) is 14.8. The molecule has 0 atom stereocenters. The number of benzene rings is 1. The van der Waals surface area contributed by atoms with Crippen molar-refractivity contribution in [1.29, 1.82) is 0 Å². The molecule has 5 nitrogen and oxygen atoms in total. The van der Waals surface area contributed by atoms with Gasteiger partial charge < -0.3 is 15.2 Å². The number of nitrogens with two attached hydrogens (primary N) is 1. The first-order chi connectivity index (χ1) is 9.00. The molecule has 0 aliphatic rings. The molecule has 102 valence electrons. The molecule has 0 aromatic heterocycles. The highest BCUT2D eigenvalue weighted by Gasteiger charge is 2.07. The number of nitrogen functional groups attached to an aromatic ring is 1. The maximum absolute atomic E-state index is 11.6. The fraction of sp³-hybridized carbons (Fsp3) is 0.286. The second-order valence-corrected chi connectivity index (χ2v) is 4.03. The van der Waals surface area contributed by atoms with Crippen LogP contribution in [0.3, 0.4) is 0 Å². The summed E-state index contributed by atoms with van der Waals surface area (Å²) in [5.41, 5.74) is 6.88. The molecular weight excluding hydrogens is 246 g/mol. The molecule has 1 aromatic rings. The maximum atomic E-state index is 11.6. The Hall–Kier alpha value is -2.30. The van der Waals surface area contributed by atoms with E-state index in [1.165, 1.54) is 0 Å². The number of carbonyl (C=O) groups excluding carboxylic acids is 2. The molecular formula is C14H17NO4. The number of anilines is 1. The largest absolute Gasteiger partial charge is 0.462 e. The summed E-state index contributed by atoms with van der Waals surface area (Å²) in [5, 5.41) is 0. The van der Waals surface area contributed by atoms with E-state index >= 15 is 0 Å². The second-order valence-electron chi connectivity index (χ2n) is 4.03. The highest BCUT2D eigenvalue weighted by molar-refractivity contribution is 5.89. The summed E-state index contributed by atoms with van der Waals surface area (Å²) in [6.07, 6.45) is 0.444. The lowest BCUT2D eigenvalue weighted by Crippen LogP contribution is -2.11. The molecule has 0 bridgehead atoms. The third kappa shape index (κ3) is 5.25. The normalized spacial score (nSPS) is 9.74. The Labute approximate surface area is 112 Å². The molecule has 0 fully saturated rings. The van der Waals surface area contributed by atoms with Crippen molar-refractivity contribution in [2.75, 3.05) is 18.9 Å². The standard InChI is InChI=1S/C14H17NO4/c1-10(2)13(16)18-8-3-9-19-14(17)11-4-6-12(15)7-5-11/h4-7H,1,3,8-9,15H2,2H3. The Morgan fingerprint density at radius 1 is 1.16 bits per heavy atom. The number of esters is 2. The van der Waals surface area contributed by atoms with Crippen LogP contribution in [0, 0.1) is 0 Å². The van der Waals surface area contributed by atoms with Gasteiger partial charge in [0, 0.05) is 17.7 Å². The topological polar surface area (TPSA) is 78.6 Å². The third-order valence-corrected chi connectivity index (χ3v) is 2.25. The molecule has 0 amide bonds. The summed E-state index contributed by atoms with van der Waals surface area (Å²) in [6, 6.07) is 6.45. The van der Waals surface area contributed by atoms with E-state index in [4.69, 9.17) is 15.2 Å². The van der Waals surface area contributed by atoms with Gasteiger partial charge >= 0.3 is 11.9 Å². The Morgan fingerprint density at radius 2 is 1.74 bits per heavy atom. The molecule has 1 rings (SSSR count). The fourth-order valence-electron chi connectivity index (χ4n) is 1.21. The predicted octanol–water partition coefficient (Wildman–Crippen LogP) is 1.94. The summed E-state index contributed by atoms with van der Waals surface area (Å²) >= 11 is 0. The van der Waals surface area contributed by atoms with E-state index in [0.29, 0.717) is 23.2 Å². The van der Waals surface area contributed by atoms with E-state index in [-0.39, 0.29) is 13.2 Å². The van der Waals surface area contributed by atoms with Gasteiger partial charge in [-0.05, 0) is 31.2 Å². The van der Waals surface area contributed by atoms with Crippen molar-refractivity contribution >= 4 is 17.6 Å². The molecule has 0 spiro atoms. The average molecular weight is 263 g/mol. The Bertz CT molecular complexity index is 465. The van der Waals surface area contributed by atoms with Crippen LogP contribution in [0.25, 0.3) is 0 Å². The number of hydrogen-bond donors (Lipinski definition) is 1. The van der Waals surface area contributed by atoms with Crippen LogP contribution in [-0.4, -0.2) is 25.2 Å². The molecule has 0 saturated heterocycles. The van der Waals surface area contributed by atoms with Gasteiger partial charge in [-0.15, -0.1) is 0 Å². The quantitative estimate of drug-likeness (QED) is 0.367. The van der Waals surface area contributed by atoms with E-state index < -0.39 is 11.9 Å². The highest BCUT2D eigenvalue weighted by Crippen LogP contribution is 2.07. The molecule has 0 aliphatic heterocycles. The Kier molecular flexibility index (Phi) is 5.60. The summed E-state index contributed by atoms with van der Waals surface area (Å²) in [6.45, 7) is 5.41. The van der Waals surface area contributed by atoms with Gasteiger partial charge in [-0.3, -0.25) is 0 Å². The highest BCUT2D eigenvalue weighted by atomic mass is 16.5. The minimum atomic E-state index is -0.440. The Morgan fingerprint density at radius 3 is 2.32 bits per heavy atom. The van der Waals surface area contributed by atoms with E-state index in [1.807, 2.05) is 0 Å². The number of carbonyl (C=O) groups is 2. The minimum absolute atomic E-state index is 0.187. The smallest absolute Gasteiger partial charge is 0.338 e. The zero-order valence-electron chi connectivity index (χ0n) is 10.8. The summed E-state index contributed by atoms with van der Waals surface area (Å²) in [7, 11) is 0. The molecule has 0 radical (unpaired) electrons. The number of rotatable bonds is 6. The van der Waals surface area contributed by atoms with Crippen LogP contribution in [0.15, 0.2) is 36.4 Å². The van der Waals surface area contributed by atoms with Crippen molar-refractivity contribution in [2.45, 2.75) is 13.3 Å². The number of ether oxygens (including phenoxy) is 2. The van der Waals surface area contributed by atoms with Crippen molar-refractivity contribution in [1.82, 2.24) is 0 Å². The minimum Gasteiger partial charge on any atom is -0.462 e. The van der Waals surface area contributed by atoms with Gasteiger partial charge in [0.1, 0.15) is 0 Å². The van der Waals surface area contributed by atoms with E-state index in [2.05, 4.69) is 6.58 Å². The van der Waals surface area contributed by atoms with Crippen LogP contribution < -0.4 is 5.73 Å². The van der Waals surface area contributed by atoms with Gasteiger partial charge in [0.25, 0.3) is 0 Å². The lowest BCUT2D eigenvalue weighted by atomic mass is 10.2. The van der Waals surface area contributed by atoms with E-state index in [9.17, 15) is 9.59 Å². The van der Waals surface area contributed by atoms with Crippen molar-refractivity contribution in [3.63, 3.8) is 0 Å². The maximum Gasteiger partial charge on any atom is 0.338 e. The zero-order valence-corrected chi connectivity index (χ0v) is 10.8. The lowest BCUT2D eigenvalue weighted by Gasteiger charge is -2.06. The fourth-order valence-corrected chi connectivity index (χ4v) is 1.21. The van der Waals surface area contributed by atoms with Gasteiger partial charge in [-0.2, -0.15) is 0 Å². The predicted molar refractivity (Wildman–Crippen MR) is 71.5 cm³/mol. The van der Waals surface area contributed by atoms with Crippen molar-refractivity contribution < 1.29 is 19.1 Å². The van der Waals surface area contributed by atoms with Crippen LogP contribution >= 0.6 is 0 Å². The van der Waals surface area contributed by atoms with Crippen molar-refractivity contribution in [3.8, 4) is 0 Å². The van der Waals surface area contributed by atoms with Crippen LogP contribution in [0.2, 0.25) is 0 Å². The molecule has 5 heteroatoms. The van der Waals surface area contributed by atoms with Gasteiger partial charge in [-0.25, -0.2) is 9.59 Å². The van der Waals surface area contributed by atoms with Crippen LogP contribution in [-0.2, 0) is 14.3 Å². The van der Waals surface area contributed by atoms with Crippen molar-refractivity contribution in [2.24, 2.45) is 0 Å². The molecule has 2 N–H and O–H groups in total. The first-order valence-electron chi connectivity index (χ1n) is 5.86. The third-order valence-electron chi connectivity index (χ3n) is 2.25. The van der Waals surface area contributed by atoms with Gasteiger partial charge in [-0.1, -0.05) is 6.58 Å². The summed E-state index contributed by atoms with van der Waals surface area (Å²) in [5.74, 6) is -0.865. The molecule has 1 aromatic carbocycles. The van der Waals surface area contributed by atoms with Gasteiger partial charge in [0.2, 0.25) is 0 Å². The SMILES string of the molecule is C=C(C)C(=O)OCCCOC(=O)c1ccc(N)cc1. The van der Waals surface area contributed by atoms with Gasteiger partial charge in [0.15, 0.2) is 0 Å². The van der Waals surface area contributed by atoms with E-state index in [0.717, 1.165) is 0 Å². The lowest BCUT2D eigenvalue weighted by molar-refractivity contribution is -0.139. The van der Waals surface area contributed by atoms with Crippen molar-refractivity contribution in [3.05, 3.63) is 42.0 Å². The van der Waals surface area contributed by atoms with Gasteiger partial charge in [0.05, 0.1) is 18.8 Å². The Balaban J connectivity index is 2.23.